The quantitative estimate of drug-likeness (QED) is 0.559. The smallest absolute Gasteiger partial charge is 0.333 e. The number of carbonyl (C=O) groups excluding carboxylic acids is 1. The maximum atomic E-state index is 11.6. The lowest BCUT2D eigenvalue weighted by Gasteiger charge is -2.33. The summed E-state index contributed by atoms with van der Waals surface area (Å²) in [6, 6.07) is 9.11. The number of allylic oxidation sites excluding steroid dienone is 2. The third-order valence-corrected chi connectivity index (χ3v) is 5.99. The van der Waals surface area contributed by atoms with Gasteiger partial charge in [-0.05, 0) is 42.8 Å². The molecule has 2 aliphatic heterocycles. The van der Waals surface area contributed by atoms with Crippen molar-refractivity contribution in [2.75, 3.05) is 14.2 Å². The molecule has 4 rings (SSSR count). The van der Waals surface area contributed by atoms with Crippen LogP contribution >= 0.6 is 0 Å². The fourth-order valence-electron chi connectivity index (χ4n) is 4.39. The summed E-state index contributed by atoms with van der Waals surface area (Å²) in [6.07, 6.45) is -0.783. The van der Waals surface area contributed by atoms with Crippen LogP contribution in [0.15, 0.2) is 43.0 Å². The number of carboxylic acids is 1. The highest BCUT2D eigenvalue weighted by atomic mass is 16.7. The Labute approximate surface area is 208 Å². The maximum Gasteiger partial charge on any atom is 0.333 e. The van der Waals surface area contributed by atoms with Gasteiger partial charge in [0, 0.05) is 42.5 Å². The van der Waals surface area contributed by atoms with E-state index in [-0.39, 0.29) is 12.8 Å². The number of hydrogen-bond donors (Lipinski definition) is 1. The Morgan fingerprint density at radius 2 is 1.83 bits per heavy atom. The van der Waals surface area contributed by atoms with Crippen LogP contribution in [-0.2, 0) is 19.1 Å². The Balaban J connectivity index is 1.65. The lowest BCUT2D eigenvalue weighted by Crippen LogP contribution is -2.43. The predicted molar refractivity (Wildman–Crippen MR) is 130 cm³/mol. The highest BCUT2D eigenvalue weighted by Gasteiger charge is 2.37. The molecule has 190 valence electrons. The Hall–Kier alpha value is -3.98. The number of ether oxygens (including phenoxy) is 6. The van der Waals surface area contributed by atoms with Crippen LogP contribution in [0.5, 0.6) is 23.0 Å². The molecule has 2 aromatic rings. The molecule has 0 amide bonds. The van der Waals surface area contributed by atoms with E-state index < -0.39 is 30.4 Å². The van der Waals surface area contributed by atoms with Crippen molar-refractivity contribution in [1.29, 1.82) is 0 Å². The number of fused-ring (bicyclic) bond motifs is 1. The van der Waals surface area contributed by atoms with E-state index in [9.17, 15) is 14.7 Å². The summed E-state index contributed by atoms with van der Waals surface area (Å²) in [4.78, 5) is 23.1. The van der Waals surface area contributed by atoms with Gasteiger partial charge < -0.3 is 33.5 Å². The van der Waals surface area contributed by atoms with Crippen molar-refractivity contribution in [3.05, 3.63) is 59.7 Å². The Morgan fingerprint density at radius 3 is 2.44 bits per heavy atom. The van der Waals surface area contributed by atoms with Crippen molar-refractivity contribution in [2.24, 2.45) is 0 Å². The molecule has 0 saturated carbocycles. The molecular weight excluding hydrogens is 468 g/mol. The van der Waals surface area contributed by atoms with Crippen LogP contribution in [0.25, 0.3) is 11.3 Å². The van der Waals surface area contributed by atoms with Gasteiger partial charge >= 0.3 is 11.9 Å². The first kappa shape index (κ1) is 25.1. The zero-order chi connectivity index (χ0) is 26.0. The molecule has 1 saturated heterocycles. The minimum absolute atomic E-state index is 0.0358. The minimum atomic E-state index is -1.18. The number of aliphatic carboxylic acids is 1. The van der Waals surface area contributed by atoms with Gasteiger partial charge in [0.1, 0.15) is 23.4 Å². The Kier molecular flexibility index (Phi) is 7.21. The average Bonchev–Trinajstić information content (AvgIpc) is 2.83. The maximum absolute atomic E-state index is 11.6. The zero-order valence-corrected chi connectivity index (χ0v) is 20.5. The van der Waals surface area contributed by atoms with Crippen molar-refractivity contribution in [2.45, 2.75) is 45.2 Å². The molecule has 2 aromatic carbocycles. The van der Waals surface area contributed by atoms with Crippen LogP contribution < -0.4 is 18.9 Å². The minimum Gasteiger partial charge on any atom is -0.497 e. The van der Waals surface area contributed by atoms with E-state index in [2.05, 4.69) is 6.58 Å². The van der Waals surface area contributed by atoms with Gasteiger partial charge in [-0.15, -0.1) is 0 Å². The summed E-state index contributed by atoms with van der Waals surface area (Å²) < 4.78 is 34.0. The van der Waals surface area contributed by atoms with Crippen molar-refractivity contribution in [3.8, 4) is 23.0 Å². The highest BCUT2D eigenvalue weighted by molar-refractivity contribution is 5.90. The van der Waals surface area contributed by atoms with Gasteiger partial charge in [-0.2, -0.15) is 0 Å². The van der Waals surface area contributed by atoms with Crippen LogP contribution in [0.4, 0.5) is 0 Å². The molecule has 1 N–H and O–H groups in total. The van der Waals surface area contributed by atoms with Crippen molar-refractivity contribution < 1.29 is 43.1 Å². The Morgan fingerprint density at radius 1 is 1.11 bits per heavy atom. The number of methoxy groups -OCH3 is 2. The van der Waals surface area contributed by atoms with Crippen LogP contribution in [0.3, 0.4) is 0 Å². The molecule has 1 fully saturated rings. The molecule has 0 aromatic heterocycles. The molecule has 0 aliphatic carbocycles. The molecule has 0 bridgehead atoms. The number of rotatable bonds is 7. The molecular formula is C27H28O9. The van der Waals surface area contributed by atoms with Gasteiger partial charge in [0.2, 0.25) is 6.29 Å². The molecule has 36 heavy (non-hydrogen) atoms. The molecule has 3 atom stereocenters. The first-order valence-corrected chi connectivity index (χ1v) is 11.4. The van der Waals surface area contributed by atoms with Crippen LogP contribution in [0.2, 0.25) is 0 Å². The largest absolute Gasteiger partial charge is 0.497 e. The average molecular weight is 497 g/mol. The van der Waals surface area contributed by atoms with E-state index >= 15 is 0 Å². The van der Waals surface area contributed by atoms with Crippen LogP contribution in [0, 0.1) is 6.92 Å². The third kappa shape index (κ3) is 5.16. The molecule has 0 spiro atoms. The summed E-state index contributed by atoms with van der Waals surface area (Å²) in [5.41, 5.74) is 3.08. The van der Waals surface area contributed by atoms with Crippen molar-refractivity contribution >= 4 is 23.3 Å². The topological polar surface area (TPSA) is 110 Å². The van der Waals surface area contributed by atoms with Crippen LogP contribution in [-0.4, -0.2) is 49.8 Å². The normalized spacial score (nSPS) is 20.9. The summed E-state index contributed by atoms with van der Waals surface area (Å²) >= 11 is 0. The first-order valence-electron chi connectivity index (χ1n) is 11.4. The lowest BCUT2D eigenvalue weighted by molar-refractivity contribution is -0.202. The fourth-order valence-corrected chi connectivity index (χ4v) is 4.39. The second-order valence-corrected chi connectivity index (χ2v) is 8.48. The van der Waals surface area contributed by atoms with Gasteiger partial charge in [-0.3, -0.25) is 4.79 Å². The second kappa shape index (κ2) is 10.3. The SMILES string of the molecule is C=C1C=C(c2ccc(OC)cc2)Oc2cc(OC3C[C@@H](OC(C)=O)C[C@@H](C(=O)O)O3)c(OC)c(C)c21. The summed E-state index contributed by atoms with van der Waals surface area (Å²) in [6.45, 7) is 7.33. The summed E-state index contributed by atoms with van der Waals surface area (Å²) in [5, 5.41) is 9.49. The van der Waals surface area contributed by atoms with Gasteiger partial charge in [-0.25, -0.2) is 4.79 Å². The Bertz CT molecular complexity index is 1210. The van der Waals surface area contributed by atoms with E-state index in [1.807, 2.05) is 37.3 Å². The van der Waals surface area contributed by atoms with E-state index in [1.165, 1.54) is 14.0 Å². The first-order chi connectivity index (χ1) is 17.2. The lowest BCUT2D eigenvalue weighted by atomic mass is 9.95. The third-order valence-electron chi connectivity index (χ3n) is 5.99. The van der Waals surface area contributed by atoms with Gasteiger partial charge in [0.15, 0.2) is 17.6 Å². The van der Waals surface area contributed by atoms with Gasteiger partial charge in [0.25, 0.3) is 0 Å². The van der Waals surface area contributed by atoms with Crippen molar-refractivity contribution in [1.82, 2.24) is 0 Å². The summed E-state index contributed by atoms with van der Waals surface area (Å²) in [5.74, 6) is 0.897. The number of benzene rings is 2. The van der Waals surface area contributed by atoms with Gasteiger partial charge in [-0.1, -0.05) is 6.58 Å². The molecule has 9 nitrogen and oxygen atoms in total. The van der Waals surface area contributed by atoms with Gasteiger partial charge in [0.05, 0.1) is 14.2 Å². The fraction of sp³-hybridized carbons (Fsp3) is 0.333. The van der Waals surface area contributed by atoms with E-state index in [4.69, 9.17) is 28.4 Å². The van der Waals surface area contributed by atoms with Crippen LogP contribution in [0.1, 0.15) is 36.5 Å². The number of esters is 1. The number of carbonyl (C=O) groups is 2. The second-order valence-electron chi connectivity index (χ2n) is 8.48. The van der Waals surface area contributed by atoms with Crippen molar-refractivity contribution in [3.63, 3.8) is 0 Å². The monoisotopic (exact) mass is 496 g/mol. The predicted octanol–water partition coefficient (Wildman–Crippen LogP) is 4.36. The standard InChI is InChI=1S/C27H28O9/c1-14-10-20(17-6-8-18(31-4)9-7-17)34-21-13-22(26(32-5)15(2)25(14)21)35-24-12-19(33-16(3)28)11-23(36-24)27(29)30/h6-10,13,19,23-24H,1,11-12H2,2-5H3,(H,29,30)/t19-,23-,24?/m0/s1. The van der Waals surface area contributed by atoms with E-state index in [1.54, 1.807) is 13.2 Å². The number of hydrogen-bond acceptors (Lipinski definition) is 8. The molecule has 1 unspecified atom stereocenters. The molecule has 9 heteroatoms. The van der Waals surface area contributed by atoms with E-state index in [0.29, 0.717) is 23.0 Å². The highest BCUT2D eigenvalue weighted by Crippen LogP contribution is 2.47. The number of carboxylic acid groups (broad SMARTS) is 1. The molecule has 0 radical (unpaired) electrons. The van der Waals surface area contributed by atoms with E-state index in [0.717, 1.165) is 28.0 Å². The molecule has 2 aliphatic rings. The summed E-state index contributed by atoms with van der Waals surface area (Å²) in [7, 11) is 3.11. The molecule has 2 heterocycles. The zero-order valence-electron chi connectivity index (χ0n) is 20.5.